The Kier molecular flexibility index (Phi) is 1.24. The Labute approximate surface area is 69.0 Å². The lowest BCUT2D eigenvalue weighted by Crippen LogP contribution is -1.84. The molecule has 12 heavy (non-hydrogen) atoms. The molecule has 62 valence electrons. The Morgan fingerprint density at radius 3 is 3.00 bits per heavy atom. The lowest BCUT2D eigenvalue weighted by molar-refractivity contribution is 0.478. The minimum Gasteiger partial charge on any atom is -0.506 e. The summed E-state index contributed by atoms with van der Waals surface area (Å²) in [7, 11) is 0. The highest BCUT2D eigenvalue weighted by molar-refractivity contribution is 5.82. The molecule has 0 atom stereocenters. The lowest BCUT2D eigenvalue weighted by Gasteiger charge is -1.96. The van der Waals surface area contributed by atoms with Crippen LogP contribution in [0.1, 0.15) is 5.82 Å². The van der Waals surface area contributed by atoms with Crippen LogP contribution in [0.4, 0.5) is 5.69 Å². The maximum atomic E-state index is 9.25. The third-order valence-electron chi connectivity index (χ3n) is 1.75. The Hall–Kier alpha value is -1.71. The first-order chi connectivity index (χ1) is 5.66. The van der Waals surface area contributed by atoms with E-state index in [1.807, 2.05) is 6.92 Å². The monoisotopic (exact) mass is 163 g/mol. The van der Waals surface area contributed by atoms with E-state index in [0.717, 1.165) is 16.9 Å². The van der Waals surface area contributed by atoms with Gasteiger partial charge in [-0.15, -0.1) is 0 Å². The van der Waals surface area contributed by atoms with E-state index in [9.17, 15) is 5.11 Å². The third kappa shape index (κ3) is 0.887. The highest BCUT2D eigenvalue weighted by Gasteiger charge is 2.03. The van der Waals surface area contributed by atoms with Gasteiger partial charge in [-0.2, -0.15) is 0 Å². The summed E-state index contributed by atoms with van der Waals surface area (Å²) in [6, 6.07) is 3.22. The largest absolute Gasteiger partial charge is 0.506 e. The smallest absolute Gasteiger partial charge is 0.140 e. The number of nitrogens with zero attached hydrogens (tertiary/aromatic N) is 1. The van der Waals surface area contributed by atoms with Crippen molar-refractivity contribution in [1.82, 2.24) is 9.97 Å². The lowest BCUT2D eigenvalue weighted by atomic mass is 10.2. The van der Waals surface area contributed by atoms with Gasteiger partial charge in [0.2, 0.25) is 0 Å². The van der Waals surface area contributed by atoms with Gasteiger partial charge in [0.05, 0.1) is 16.7 Å². The van der Waals surface area contributed by atoms with Crippen LogP contribution in [0, 0.1) is 6.92 Å². The summed E-state index contributed by atoms with van der Waals surface area (Å²) in [5.41, 5.74) is 7.45. The minimum absolute atomic E-state index is 0.0778. The molecule has 0 aliphatic rings. The average molecular weight is 163 g/mol. The molecular weight excluding hydrogens is 154 g/mol. The van der Waals surface area contributed by atoms with Crippen molar-refractivity contribution < 1.29 is 5.11 Å². The molecule has 4 N–H and O–H groups in total. The minimum atomic E-state index is 0.0778. The molecule has 4 heteroatoms. The van der Waals surface area contributed by atoms with Gasteiger partial charge in [-0.1, -0.05) is 0 Å². The van der Waals surface area contributed by atoms with Gasteiger partial charge in [-0.05, 0) is 13.0 Å². The second-order valence-electron chi connectivity index (χ2n) is 2.75. The van der Waals surface area contributed by atoms with E-state index in [1.54, 1.807) is 12.1 Å². The number of nitrogens with two attached hydrogens (primary N) is 1. The molecule has 1 heterocycles. The summed E-state index contributed by atoms with van der Waals surface area (Å²) >= 11 is 0. The van der Waals surface area contributed by atoms with E-state index in [4.69, 9.17) is 5.73 Å². The number of nitrogen functional groups attached to an aromatic ring is 1. The van der Waals surface area contributed by atoms with Gasteiger partial charge in [-0.25, -0.2) is 4.98 Å². The molecule has 0 unspecified atom stereocenters. The zero-order chi connectivity index (χ0) is 8.72. The number of hydrogen-bond acceptors (Lipinski definition) is 3. The maximum Gasteiger partial charge on any atom is 0.140 e. The SMILES string of the molecule is Cc1nc2cc(O)c(N)cc2[nH]1. The van der Waals surface area contributed by atoms with E-state index in [-0.39, 0.29) is 5.75 Å². The zero-order valence-corrected chi connectivity index (χ0v) is 6.63. The van der Waals surface area contributed by atoms with Crippen LogP contribution < -0.4 is 5.73 Å². The number of nitrogens with one attached hydrogen (secondary N) is 1. The molecule has 0 fully saturated rings. The number of aromatic amines is 1. The van der Waals surface area contributed by atoms with Crippen molar-refractivity contribution in [3.63, 3.8) is 0 Å². The van der Waals surface area contributed by atoms with Crippen LogP contribution in [-0.2, 0) is 0 Å². The summed E-state index contributed by atoms with van der Waals surface area (Å²) in [6.45, 7) is 1.85. The van der Waals surface area contributed by atoms with Crippen molar-refractivity contribution in [3.8, 4) is 5.75 Å². The molecule has 0 spiro atoms. The van der Waals surface area contributed by atoms with Crippen molar-refractivity contribution in [1.29, 1.82) is 0 Å². The number of imidazole rings is 1. The van der Waals surface area contributed by atoms with Gasteiger partial charge >= 0.3 is 0 Å². The highest BCUT2D eigenvalue weighted by Crippen LogP contribution is 2.24. The van der Waals surface area contributed by atoms with Crippen molar-refractivity contribution in [2.45, 2.75) is 6.92 Å². The fourth-order valence-electron chi connectivity index (χ4n) is 1.19. The predicted molar refractivity (Wildman–Crippen MR) is 46.9 cm³/mol. The quantitative estimate of drug-likeness (QED) is 0.403. The van der Waals surface area contributed by atoms with Crippen LogP contribution in [0.2, 0.25) is 0 Å². The number of H-pyrrole nitrogens is 1. The van der Waals surface area contributed by atoms with E-state index in [2.05, 4.69) is 9.97 Å². The van der Waals surface area contributed by atoms with Crippen molar-refractivity contribution >= 4 is 16.7 Å². The molecule has 0 saturated heterocycles. The molecule has 0 saturated carbocycles. The fourth-order valence-corrected chi connectivity index (χ4v) is 1.19. The highest BCUT2D eigenvalue weighted by atomic mass is 16.3. The number of phenols is 1. The first-order valence-corrected chi connectivity index (χ1v) is 3.61. The van der Waals surface area contributed by atoms with Crippen LogP contribution in [-0.4, -0.2) is 15.1 Å². The molecule has 0 bridgehead atoms. The van der Waals surface area contributed by atoms with E-state index in [1.165, 1.54) is 0 Å². The van der Waals surface area contributed by atoms with Crippen molar-refractivity contribution in [2.75, 3.05) is 5.73 Å². The van der Waals surface area contributed by atoms with Gasteiger partial charge in [-0.3, -0.25) is 0 Å². The van der Waals surface area contributed by atoms with Crippen LogP contribution in [0.3, 0.4) is 0 Å². The fraction of sp³-hybridized carbons (Fsp3) is 0.125. The number of anilines is 1. The normalized spacial score (nSPS) is 10.8. The first-order valence-electron chi connectivity index (χ1n) is 3.61. The van der Waals surface area contributed by atoms with E-state index >= 15 is 0 Å². The third-order valence-corrected chi connectivity index (χ3v) is 1.75. The Morgan fingerprint density at radius 1 is 1.50 bits per heavy atom. The van der Waals surface area contributed by atoms with E-state index in [0.29, 0.717) is 5.69 Å². The topological polar surface area (TPSA) is 74.9 Å². The maximum absolute atomic E-state index is 9.25. The average Bonchev–Trinajstić information content (AvgIpc) is 2.30. The molecule has 0 aliphatic heterocycles. The second-order valence-corrected chi connectivity index (χ2v) is 2.75. The first kappa shape index (κ1) is 6.97. The predicted octanol–water partition coefficient (Wildman–Crippen LogP) is 1.16. The molecule has 1 aromatic heterocycles. The van der Waals surface area contributed by atoms with Crippen LogP contribution in [0.5, 0.6) is 5.75 Å². The molecular formula is C8H9N3O. The van der Waals surface area contributed by atoms with Crippen LogP contribution in [0.15, 0.2) is 12.1 Å². The molecule has 2 aromatic rings. The molecule has 4 nitrogen and oxygen atoms in total. The second kappa shape index (κ2) is 2.14. The Morgan fingerprint density at radius 2 is 2.25 bits per heavy atom. The summed E-state index contributed by atoms with van der Waals surface area (Å²) < 4.78 is 0. The van der Waals surface area contributed by atoms with Crippen LogP contribution >= 0.6 is 0 Å². The van der Waals surface area contributed by atoms with E-state index < -0.39 is 0 Å². The van der Waals surface area contributed by atoms with Gasteiger partial charge < -0.3 is 15.8 Å². The number of phenolic OH excluding ortho intramolecular Hbond substituents is 1. The van der Waals surface area contributed by atoms with Gasteiger partial charge in [0.1, 0.15) is 11.6 Å². The number of hydrogen-bond donors (Lipinski definition) is 3. The van der Waals surface area contributed by atoms with Crippen molar-refractivity contribution in [3.05, 3.63) is 18.0 Å². The van der Waals surface area contributed by atoms with Crippen LogP contribution in [0.25, 0.3) is 11.0 Å². The van der Waals surface area contributed by atoms with Gasteiger partial charge in [0.25, 0.3) is 0 Å². The van der Waals surface area contributed by atoms with Gasteiger partial charge in [0, 0.05) is 6.07 Å². The van der Waals surface area contributed by atoms with Gasteiger partial charge in [0.15, 0.2) is 0 Å². The summed E-state index contributed by atoms with van der Waals surface area (Å²) in [5.74, 6) is 0.893. The summed E-state index contributed by atoms with van der Waals surface area (Å²) in [6.07, 6.45) is 0. The number of fused-ring (bicyclic) bond motifs is 1. The van der Waals surface area contributed by atoms with Crippen molar-refractivity contribution in [2.24, 2.45) is 0 Å². The summed E-state index contributed by atoms with van der Waals surface area (Å²) in [4.78, 5) is 7.17. The number of aromatic hydroxyl groups is 1. The number of aromatic nitrogens is 2. The molecule has 1 aromatic carbocycles. The number of aryl methyl sites for hydroxylation is 1. The zero-order valence-electron chi connectivity index (χ0n) is 6.63. The molecule has 0 radical (unpaired) electrons. The number of benzene rings is 1. The summed E-state index contributed by atoms with van der Waals surface area (Å²) in [5, 5.41) is 9.25. The Balaban J connectivity index is 2.83. The molecule has 0 aliphatic carbocycles. The Bertz CT molecular complexity index is 394. The standard InChI is InChI=1S/C8H9N3O/c1-4-10-6-2-5(9)8(12)3-7(6)11-4/h2-3,12H,9H2,1H3,(H,10,11). The molecule has 0 amide bonds. The number of rotatable bonds is 0. The molecule has 2 rings (SSSR count).